The van der Waals surface area contributed by atoms with E-state index in [2.05, 4.69) is 4.72 Å². The first-order chi connectivity index (χ1) is 7.03. The lowest BCUT2D eigenvalue weighted by Crippen LogP contribution is -2.29. The fourth-order valence-electron chi connectivity index (χ4n) is 1.13. The van der Waals surface area contributed by atoms with Crippen molar-refractivity contribution in [2.24, 2.45) is 5.73 Å². The van der Waals surface area contributed by atoms with Crippen LogP contribution < -0.4 is 10.5 Å². The van der Waals surface area contributed by atoms with E-state index < -0.39 is 10.0 Å². The molecule has 0 radical (unpaired) electrons. The molecule has 0 aliphatic rings. The van der Waals surface area contributed by atoms with E-state index in [9.17, 15) is 8.42 Å². The van der Waals surface area contributed by atoms with Crippen molar-refractivity contribution in [1.82, 2.24) is 4.72 Å². The second-order valence-electron chi connectivity index (χ2n) is 3.41. The summed E-state index contributed by atoms with van der Waals surface area (Å²) in [6, 6.07) is 7.71. The molecule has 0 bridgehead atoms. The maximum atomic E-state index is 11.3. The molecule has 4 nitrogen and oxygen atoms in total. The average molecular weight is 228 g/mol. The fourth-order valence-corrected chi connectivity index (χ4v) is 1.97. The van der Waals surface area contributed by atoms with Gasteiger partial charge in [-0.3, -0.25) is 0 Å². The lowest BCUT2D eigenvalue weighted by molar-refractivity contribution is 0.581. The molecule has 0 amide bonds. The maximum absolute atomic E-state index is 11.3. The molecule has 0 aliphatic carbocycles. The molecule has 1 aromatic rings. The third-order valence-corrected chi connectivity index (χ3v) is 3.36. The van der Waals surface area contributed by atoms with E-state index in [1.165, 1.54) is 0 Å². The summed E-state index contributed by atoms with van der Waals surface area (Å²) in [7, 11) is -3.21. The predicted octanol–water partition coefficient (Wildman–Crippen LogP) is 0.373. The Morgan fingerprint density at radius 2 is 1.87 bits per heavy atom. The molecule has 0 spiro atoms. The molecule has 1 rings (SSSR count). The number of hydrogen-bond acceptors (Lipinski definition) is 3. The van der Waals surface area contributed by atoms with Gasteiger partial charge in [0, 0.05) is 13.1 Å². The molecule has 0 aliphatic heterocycles. The first-order valence-electron chi connectivity index (χ1n) is 4.76. The van der Waals surface area contributed by atoms with Crippen LogP contribution in [0.1, 0.15) is 11.1 Å². The number of hydrogen-bond donors (Lipinski definition) is 2. The van der Waals surface area contributed by atoms with Crippen molar-refractivity contribution in [2.45, 2.75) is 13.5 Å². The van der Waals surface area contributed by atoms with Gasteiger partial charge in [0.1, 0.15) is 0 Å². The molecule has 3 N–H and O–H groups in total. The van der Waals surface area contributed by atoms with E-state index in [4.69, 9.17) is 5.73 Å². The highest BCUT2D eigenvalue weighted by molar-refractivity contribution is 7.89. The number of rotatable bonds is 5. The smallest absolute Gasteiger partial charge is 0.213 e. The van der Waals surface area contributed by atoms with Gasteiger partial charge < -0.3 is 5.73 Å². The lowest BCUT2D eigenvalue weighted by Gasteiger charge is -2.05. The Kier molecular flexibility index (Phi) is 4.26. The van der Waals surface area contributed by atoms with Gasteiger partial charge in [-0.2, -0.15) is 0 Å². The van der Waals surface area contributed by atoms with Crippen molar-refractivity contribution in [3.63, 3.8) is 0 Å². The molecule has 1 aromatic carbocycles. The fraction of sp³-hybridized carbons (Fsp3) is 0.400. The average Bonchev–Trinajstić information content (AvgIpc) is 2.17. The standard InChI is InChI=1S/C10H16N2O2S/c1-9-2-4-10(5-3-9)8-12-15(13,14)7-6-11/h2-5,12H,6-8,11H2,1H3. The van der Waals surface area contributed by atoms with Crippen LogP contribution in [0.2, 0.25) is 0 Å². The van der Waals surface area contributed by atoms with Crippen molar-refractivity contribution >= 4 is 10.0 Å². The van der Waals surface area contributed by atoms with E-state index in [0.717, 1.165) is 11.1 Å². The summed E-state index contributed by atoms with van der Waals surface area (Å²) < 4.78 is 25.0. The van der Waals surface area contributed by atoms with Crippen LogP contribution in [0.3, 0.4) is 0 Å². The molecule has 0 saturated carbocycles. The summed E-state index contributed by atoms with van der Waals surface area (Å²) in [5, 5.41) is 0. The van der Waals surface area contributed by atoms with Gasteiger partial charge in [-0.25, -0.2) is 13.1 Å². The Hall–Kier alpha value is -0.910. The van der Waals surface area contributed by atoms with E-state index >= 15 is 0 Å². The van der Waals surface area contributed by atoms with Crippen LogP contribution in [-0.2, 0) is 16.6 Å². The minimum Gasteiger partial charge on any atom is -0.329 e. The highest BCUT2D eigenvalue weighted by Crippen LogP contribution is 2.02. The molecule has 5 heteroatoms. The zero-order valence-corrected chi connectivity index (χ0v) is 9.55. The van der Waals surface area contributed by atoms with Crippen LogP contribution in [0.5, 0.6) is 0 Å². The maximum Gasteiger partial charge on any atom is 0.213 e. The van der Waals surface area contributed by atoms with Gasteiger partial charge in [-0.1, -0.05) is 29.8 Å². The molecular weight excluding hydrogens is 212 g/mol. The molecule has 84 valence electrons. The van der Waals surface area contributed by atoms with Crippen LogP contribution in [-0.4, -0.2) is 20.7 Å². The molecule has 0 fully saturated rings. The van der Waals surface area contributed by atoms with Crippen LogP contribution in [0.15, 0.2) is 24.3 Å². The Morgan fingerprint density at radius 3 is 2.40 bits per heavy atom. The zero-order valence-electron chi connectivity index (χ0n) is 8.73. The van der Waals surface area contributed by atoms with Gasteiger partial charge >= 0.3 is 0 Å². The summed E-state index contributed by atoms with van der Waals surface area (Å²) in [6.07, 6.45) is 0. The van der Waals surface area contributed by atoms with Gasteiger partial charge in [-0.05, 0) is 12.5 Å². The first kappa shape index (κ1) is 12.2. The SMILES string of the molecule is Cc1ccc(CNS(=O)(=O)CCN)cc1. The van der Waals surface area contributed by atoms with Crippen molar-refractivity contribution in [3.8, 4) is 0 Å². The Labute approximate surface area is 90.5 Å². The second-order valence-corrected chi connectivity index (χ2v) is 5.34. The van der Waals surface area contributed by atoms with Crippen LogP contribution >= 0.6 is 0 Å². The highest BCUT2D eigenvalue weighted by atomic mass is 32.2. The Morgan fingerprint density at radius 1 is 1.27 bits per heavy atom. The topological polar surface area (TPSA) is 72.2 Å². The van der Waals surface area contributed by atoms with Crippen molar-refractivity contribution in [2.75, 3.05) is 12.3 Å². The van der Waals surface area contributed by atoms with Gasteiger partial charge in [0.2, 0.25) is 10.0 Å². The Bertz CT molecular complexity index is 398. The molecule has 0 atom stereocenters. The molecule has 0 aromatic heterocycles. The summed E-state index contributed by atoms with van der Waals surface area (Å²) in [5.41, 5.74) is 7.29. The summed E-state index contributed by atoms with van der Waals surface area (Å²) in [6.45, 7) is 2.45. The van der Waals surface area contributed by atoms with E-state index in [-0.39, 0.29) is 12.3 Å². The normalized spacial score (nSPS) is 11.6. The minimum atomic E-state index is -3.21. The van der Waals surface area contributed by atoms with Crippen molar-refractivity contribution in [1.29, 1.82) is 0 Å². The monoisotopic (exact) mass is 228 g/mol. The molecule has 0 heterocycles. The predicted molar refractivity (Wildman–Crippen MR) is 60.9 cm³/mol. The lowest BCUT2D eigenvalue weighted by atomic mass is 10.2. The van der Waals surface area contributed by atoms with Crippen molar-refractivity contribution < 1.29 is 8.42 Å². The third-order valence-electron chi connectivity index (χ3n) is 2.00. The number of aryl methyl sites for hydroxylation is 1. The van der Waals surface area contributed by atoms with E-state index in [1.54, 1.807) is 0 Å². The van der Waals surface area contributed by atoms with Gasteiger partial charge in [0.05, 0.1) is 5.75 Å². The zero-order chi connectivity index (χ0) is 11.3. The number of sulfonamides is 1. The van der Waals surface area contributed by atoms with Gasteiger partial charge in [0.15, 0.2) is 0 Å². The number of nitrogens with one attached hydrogen (secondary N) is 1. The molecular formula is C10H16N2O2S. The number of benzene rings is 1. The third kappa shape index (κ3) is 4.42. The van der Waals surface area contributed by atoms with Crippen molar-refractivity contribution in [3.05, 3.63) is 35.4 Å². The minimum absolute atomic E-state index is 0.0289. The molecule has 0 saturated heterocycles. The summed E-state index contributed by atoms with van der Waals surface area (Å²) in [5.74, 6) is -0.0289. The van der Waals surface area contributed by atoms with Gasteiger partial charge in [-0.15, -0.1) is 0 Å². The Balaban J connectivity index is 2.54. The van der Waals surface area contributed by atoms with Crippen LogP contribution in [0.25, 0.3) is 0 Å². The quantitative estimate of drug-likeness (QED) is 0.765. The highest BCUT2D eigenvalue weighted by Gasteiger charge is 2.07. The molecule has 15 heavy (non-hydrogen) atoms. The summed E-state index contributed by atoms with van der Waals surface area (Å²) >= 11 is 0. The van der Waals surface area contributed by atoms with Crippen LogP contribution in [0.4, 0.5) is 0 Å². The second kappa shape index (κ2) is 5.25. The largest absolute Gasteiger partial charge is 0.329 e. The van der Waals surface area contributed by atoms with Crippen LogP contribution in [0, 0.1) is 6.92 Å². The van der Waals surface area contributed by atoms with E-state index in [0.29, 0.717) is 6.54 Å². The first-order valence-corrected chi connectivity index (χ1v) is 6.42. The van der Waals surface area contributed by atoms with E-state index in [1.807, 2.05) is 31.2 Å². The summed E-state index contributed by atoms with van der Waals surface area (Å²) in [4.78, 5) is 0. The molecule has 0 unspecified atom stereocenters. The number of nitrogens with two attached hydrogens (primary N) is 1. The van der Waals surface area contributed by atoms with Gasteiger partial charge in [0.25, 0.3) is 0 Å².